The second-order valence-corrected chi connectivity index (χ2v) is 12.1. The fourth-order valence-corrected chi connectivity index (χ4v) is 7.10. The van der Waals surface area contributed by atoms with Crippen LogP contribution in [0.2, 0.25) is 0 Å². The number of likely N-dealkylation sites (N-methyl/N-ethyl adjacent to an activating group) is 1. The number of primary amides is 1. The summed E-state index contributed by atoms with van der Waals surface area (Å²) in [5, 5.41) is 48.7. The van der Waals surface area contributed by atoms with Crippen molar-refractivity contribution in [3.8, 4) is 5.75 Å². The predicted octanol–water partition coefficient (Wildman–Crippen LogP) is 1.07. The molecule has 0 unspecified atom stereocenters. The van der Waals surface area contributed by atoms with Crippen LogP contribution >= 0.6 is 0 Å². The lowest BCUT2D eigenvalue weighted by molar-refractivity contribution is -0.148. The largest absolute Gasteiger partial charge is 0.510 e. The average molecular weight is 555 g/mol. The molecule has 11 heteroatoms. The van der Waals surface area contributed by atoms with Crippen molar-refractivity contribution in [2.75, 3.05) is 33.1 Å². The van der Waals surface area contributed by atoms with Gasteiger partial charge in [-0.25, -0.2) is 0 Å². The van der Waals surface area contributed by atoms with Crippen LogP contribution in [-0.2, 0) is 22.6 Å². The first-order valence-corrected chi connectivity index (χ1v) is 13.6. The smallest absolute Gasteiger partial charge is 0.255 e. The van der Waals surface area contributed by atoms with Crippen LogP contribution < -0.4 is 16.0 Å². The zero-order valence-corrected chi connectivity index (χ0v) is 23.5. The van der Waals surface area contributed by atoms with E-state index in [-0.39, 0.29) is 29.7 Å². The van der Waals surface area contributed by atoms with E-state index in [1.54, 1.807) is 25.1 Å². The first-order chi connectivity index (χ1) is 18.7. The molecule has 5 rings (SSSR count). The summed E-state index contributed by atoms with van der Waals surface area (Å²) in [6, 6.07) is 0.846. The Balaban J connectivity index is 1.64. The third kappa shape index (κ3) is 4.02. The summed E-state index contributed by atoms with van der Waals surface area (Å²) in [5.41, 5.74) is 4.03. The molecule has 1 saturated carbocycles. The molecule has 1 aromatic carbocycles. The first kappa shape index (κ1) is 28.1. The van der Waals surface area contributed by atoms with Crippen molar-refractivity contribution >= 4 is 23.2 Å². The van der Waals surface area contributed by atoms with E-state index in [4.69, 9.17) is 5.73 Å². The fraction of sp³-hybridized carbons (Fsp3) is 0.552. The van der Waals surface area contributed by atoms with Gasteiger partial charge in [-0.2, -0.15) is 0 Å². The van der Waals surface area contributed by atoms with Crippen molar-refractivity contribution in [1.29, 1.82) is 0 Å². The number of fused-ring (bicyclic) bond motifs is 3. The number of nitrogens with zero attached hydrogens (tertiary/aromatic N) is 2. The Hall–Kier alpha value is -3.41. The highest BCUT2D eigenvalue weighted by molar-refractivity contribution is 6.24. The normalized spacial score (nSPS) is 28.8. The number of rotatable bonds is 7. The monoisotopic (exact) mass is 554 g/mol. The van der Waals surface area contributed by atoms with Crippen LogP contribution in [0.15, 0.2) is 28.7 Å². The van der Waals surface area contributed by atoms with Crippen LogP contribution in [0.3, 0.4) is 0 Å². The number of aliphatic hydroxyl groups is 3. The van der Waals surface area contributed by atoms with Crippen LogP contribution in [0.25, 0.3) is 0 Å². The molecule has 40 heavy (non-hydrogen) atoms. The van der Waals surface area contributed by atoms with Crippen molar-refractivity contribution in [3.63, 3.8) is 0 Å². The minimum absolute atomic E-state index is 0.0171. The molecule has 0 aliphatic heterocycles. The van der Waals surface area contributed by atoms with Gasteiger partial charge in [0.2, 0.25) is 5.78 Å². The van der Waals surface area contributed by atoms with E-state index in [9.17, 15) is 34.8 Å². The molecule has 0 spiro atoms. The van der Waals surface area contributed by atoms with E-state index in [2.05, 4.69) is 12.2 Å². The minimum atomic E-state index is -2.65. The van der Waals surface area contributed by atoms with Gasteiger partial charge in [0, 0.05) is 43.9 Å². The molecule has 4 aliphatic carbocycles. The van der Waals surface area contributed by atoms with Crippen LogP contribution in [0.1, 0.15) is 47.7 Å². The number of Topliss-reactive ketones (excluding diaryl/α,β-unsaturated/α-hetero) is 2. The molecule has 7 N–H and O–H groups in total. The number of ketones is 2. The average Bonchev–Trinajstić information content (AvgIpc) is 3.69. The molecule has 0 saturated heterocycles. The van der Waals surface area contributed by atoms with E-state index in [0.717, 1.165) is 11.3 Å². The van der Waals surface area contributed by atoms with Gasteiger partial charge in [-0.3, -0.25) is 19.3 Å². The number of nitrogens with two attached hydrogens (primary N) is 1. The van der Waals surface area contributed by atoms with Crippen LogP contribution in [0, 0.1) is 17.8 Å². The maximum atomic E-state index is 14.0. The Morgan fingerprint density at radius 2 is 1.82 bits per heavy atom. The Labute approximate surface area is 232 Å². The number of amides is 1. The Bertz CT molecular complexity index is 1380. The molecule has 0 bridgehead atoms. The summed E-state index contributed by atoms with van der Waals surface area (Å²) >= 11 is 0. The lowest BCUT2D eigenvalue weighted by atomic mass is 9.58. The van der Waals surface area contributed by atoms with Crippen molar-refractivity contribution in [3.05, 3.63) is 45.4 Å². The number of hydrogen-bond acceptors (Lipinski definition) is 10. The summed E-state index contributed by atoms with van der Waals surface area (Å²) in [4.78, 5) is 42.9. The number of anilines is 1. The SMILES string of the molecule is C[C@@H](NCc1cc(O)c2c(c1N(C)C)C[C@H]1C[C@H]3[C@H](N(C)C)C(O)=C(C(N)=O)C(=O)[C@@]3(O)C(O)=C1C2=O)C1CC1. The predicted molar refractivity (Wildman–Crippen MR) is 147 cm³/mol. The molecule has 1 amide bonds. The topological polar surface area (TPSA) is 177 Å². The second kappa shape index (κ2) is 9.60. The van der Waals surface area contributed by atoms with Gasteiger partial charge in [-0.1, -0.05) is 0 Å². The lowest BCUT2D eigenvalue weighted by Crippen LogP contribution is -2.63. The van der Waals surface area contributed by atoms with Gasteiger partial charge in [-0.15, -0.1) is 0 Å². The Morgan fingerprint density at radius 1 is 1.18 bits per heavy atom. The highest BCUT2D eigenvalue weighted by Crippen LogP contribution is 2.53. The van der Waals surface area contributed by atoms with E-state index in [1.807, 2.05) is 19.0 Å². The van der Waals surface area contributed by atoms with Crippen molar-refractivity contribution in [2.24, 2.45) is 23.5 Å². The molecule has 4 aliphatic rings. The summed E-state index contributed by atoms with van der Waals surface area (Å²) in [7, 11) is 6.95. The molecule has 5 atom stereocenters. The number of aliphatic hydroxyl groups excluding tert-OH is 2. The van der Waals surface area contributed by atoms with E-state index < -0.39 is 58.0 Å². The number of hydrogen-bond donors (Lipinski definition) is 6. The molecule has 11 nitrogen and oxygen atoms in total. The van der Waals surface area contributed by atoms with Gasteiger partial charge in [-0.05, 0) is 75.7 Å². The lowest BCUT2D eigenvalue weighted by Gasteiger charge is -2.50. The van der Waals surface area contributed by atoms with Gasteiger partial charge in [0.25, 0.3) is 5.91 Å². The van der Waals surface area contributed by atoms with Crippen molar-refractivity contribution < 1.29 is 34.8 Å². The number of phenols is 1. The van der Waals surface area contributed by atoms with E-state index in [0.29, 0.717) is 24.1 Å². The zero-order valence-electron chi connectivity index (χ0n) is 23.5. The maximum absolute atomic E-state index is 14.0. The number of carbonyl (C=O) groups excluding carboxylic acids is 3. The highest BCUT2D eigenvalue weighted by atomic mass is 16.3. The van der Waals surface area contributed by atoms with Crippen LogP contribution in [0.5, 0.6) is 5.75 Å². The number of carbonyl (C=O) groups is 3. The molecular formula is C29H38N4O7. The van der Waals surface area contributed by atoms with E-state index >= 15 is 0 Å². The molecule has 0 radical (unpaired) electrons. The summed E-state index contributed by atoms with van der Waals surface area (Å²) < 4.78 is 0. The molecule has 1 aromatic rings. The Morgan fingerprint density at radius 3 is 2.38 bits per heavy atom. The first-order valence-electron chi connectivity index (χ1n) is 13.6. The van der Waals surface area contributed by atoms with Gasteiger partial charge in [0.1, 0.15) is 22.8 Å². The minimum Gasteiger partial charge on any atom is -0.510 e. The quantitative estimate of drug-likeness (QED) is 0.267. The third-order valence-corrected chi connectivity index (χ3v) is 9.16. The summed E-state index contributed by atoms with van der Waals surface area (Å²) in [5.74, 6) is -5.89. The summed E-state index contributed by atoms with van der Waals surface area (Å²) in [6.45, 7) is 2.63. The second-order valence-electron chi connectivity index (χ2n) is 12.1. The van der Waals surface area contributed by atoms with E-state index in [1.165, 1.54) is 12.8 Å². The van der Waals surface area contributed by atoms with Crippen LogP contribution in [0.4, 0.5) is 5.69 Å². The molecule has 1 fully saturated rings. The van der Waals surface area contributed by atoms with Gasteiger partial charge in [0.15, 0.2) is 11.4 Å². The third-order valence-electron chi connectivity index (χ3n) is 9.16. The molecule has 216 valence electrons. The highest BCUT2D eigenvalue weighted by Gasteiger charge is 2.63. The molecule has 0 heterocycles. The number of allylic oxidation sites excluding steroid dienone is 1. The van der Waals surface area contributed by atoms with Crippen molar-refractivity contribution in [2.45, 2.75) is 56.8 Å². The number of aromatic hydroxyl groups is 1. The number of nitrogens with one attached hydrogen (secondary N) is 1. The van der Waals surface area contributed by atoms with Gasteiger partial charge >= 0.3 is 0 Å². The van der Waals surface area contributed by atoms with Crippen LogP contribution in [-0.4, -0.2) is 88.7 Å². The maximum Gasteiger partial charge on any atom is 0.255 e. The summed E-state index contributed by atoms with van der Waals surface area (Å²) in [6.07, 6.45) is 2.69. The molecular weight excluding hydrogens is 516 g/mol. The van der Waals surface area contributed by atoms with Gasteiger partial charge < -0.3 is 36.4 Å². The number of benzene rings is 1. The van der Waals surface area contributed by atoms with Crippen molar-refractivity contribution in [1.82, 2.24) is 10.2 Å². The fourth-order valence-electron chi connectivity index (χ4n) is 7.10. The number of phenolic OH excluding ortho intramolecular Hbond substituents is 1. The van der Waals surface area contributed by atoms with Gasteiger partial charge in [0.05, 0.1) is 11.6 Å². The standard InChI is InChI=1S/C29H38N4O7/c1-12(13-6-7-13)31-11-15-10-18(34)20-16(22(15)32(2)3)8-14-9-17-23(33(4)5)25(36)21(28(30)39)27(38)29(17,40)26(37)19(14)24(20)35/h10,12-14,17,23,31,34,36-37,40H,6-9,11H2,1-5H3,(H2,30,39)/t12-,14+,17+,23+,29+/m1/s1. The zero-order chi connectivity index (χ0) is 29.4. The Kier molecular flexibility index (Phi) is 6.75. The molecule has 0 aromatic heterocycles.